The molecule has 232 valence electrons. The van der Waals surface area contributed by atoms with Gasteiger partial charge in [0.15, 0.2) is 0 Å². The molecule has 0 radical (unpaired) electrons. The fraction of sp³-hybridized carbons (Fsp3) is 0.333. The van der Waals surface area contributed by atoms with Crippen LogP contribution in [0.25, 0.3) is 21.2 Å². The monoisotopic (exact) mass is 659 g/mol. The normalized spacial score (nSPS) is 16.8. The summed E-state index contributed by atoms with van der Waals surface area (Å²) in [5, 5.41) is -0.159. The average molecular weight is 661 g/mol. The molecule has 0 saturated heterocycles. The van der Waals surface area contributed by atoms with E-state index in [1.165, 1.54) is 6.92 Å². The van der Waals surface area contributed by atoms with Crippen molar-refractivity contribution in [2.75, 3.05) is 26.1 Å². The summed E-state index contributed by atoms with van der Waals surface area (Å²) in [6.07, 6.45) is 2.98. The van der Waals surface area contributed by atoms with E-state index in [1.54, 1.807) is 28.4 Å². The van der Waals surface area contributed by atoms with Gasteiger partial charge in [0, 0.05) is 50.9 Å². The van der Waals surface area contributed by atoms with Crippen molar-refractivity contribution >= 4 is 62.3 Å². The van der Waals surface area contributed by atoms with Crippen molar-refractivity contribution in [1.82, 2.24) is 9.32 Å². The number of hydrogen-bond donors (Lipinski definition) is 0. The highest BCUT2D eigenvalue weighted by Crippen LogP contribution is 2.41. The molecule has 0 atom stereocenters. The van der Waals surface area contributed by atoms with Gasteiger partial charge >= 0.3 is 0 Å². The van der Waals surface area contributed by atoms with Crippen LogP contribution in [0.5, 0.6) is 5.75 Å². The molecule has 0 bridgehead atoms. The van der Waals surface area contributed by atoms with E-state index >= 15 is 0 Å². The molecule has 0 N–H and O–H groups in total. The summed E-state index contributed by atoms with van der Waals surface area (Å²) in [4.78, 5) is 29.5. The van der Waals surface area contributed by atoms with Crippen molar-refractivity contribution in [3.8, 4) is 16.9 Å². The fourth-order valence-corrected chi connectivity index (χ4v) is 7.48. The molecule has 2 amide bonds. The second-order valence-corrected chi connectivity index (χ2v) is 13.0. The summed E-state index contributed by atoms with van der Waals surface area (Å²) in [7, 11) is 5.13. The number of carbonyl (C=O) groups is 2. The largest absolute Gasteiger partial charge is 0.496 e. The Morgan fingerprint density at radius 1 is 0.932 bits per heavy atom. The highest BCUT2D eigenvalue weighted by molar-refractivity contribution is 7.21. The molecule has 0 unspecified atom stereocenters. The van der Waals surface area contributed by atoms with Gasteiger partial charge in [-0.3, -0.25) is 9.59 Å². The van der Waals surface area contributed by atoms with Gasteiger partial charge in [-0.05, 0) is 85.0 Å². The molecule has 3 aromatic carbocycles. The van der Waals surface area contributed by atoms with Gasteiger partial charge in [0.2, 0.25) is 5.91 Å². The lowest BCUT2D eigenvalue weighted by Gasteiger charge is -2.38. The van der Waals surface area contributed by atoms with E-state index in [0.717, 1.165) is 58.7 Å². The van der Waals surface area contributed by atoms with Crippen molar-refractivity contribution in [3.05, 3.63) is 81.7 Å². The number of rotatable bonds is 8. The van der Waals surface area contributed by atoms with E-state index in [0.29, 0.717) is 18.6 Å². The predicted molar refractivity (Wildman–Crippen MR) is 174 cm³/mol. The van der Waals surface area contributed by atoms with Crippen molar-refractivity contribution in [2.45, 2.75) is 51.2 Å². The number of benzene rings is 3. The van der Waals surface area contributed by atoms with Crippen LogP contribution < -0.4 is 9.64 Å². The van der Waals surface area contributed by atoms with Gasteiger partial charge in [-0.25, -0.2) is 13.2 Å². The smallest absolute Gasteiger partial charge is 0.266 e. The zero-order valence-corrected chi connectivity index (χ0v) is 27.2. The summed E-state index contributed by atoms with van der Waals surface area (Å²) < 4.78 is 36.8. The quantitative estimate of drug-likeness (QED) is 0.178. The maximum Gasteiger partial charge on any atom is 0.266 e. The molecule has 1 aliphatic rings. The minimum Gasteiger partial charge on any atom is -0.496 e. The fourth-order valence-electron chi connectivity index (χ4n) is 5.78. The third-order valence-electron chi connectivity index (χ3n) is 8.43. The van der Waals surface area contributed by atoms with Gasteiger partial charge in [0.25, 0.3) is 5.91 Å². The summed E-state index contributed by atoms with van der Waals surface area (Å²) in [6.45, 7) is 1.71. The SMILES string of the molecule is COc1ccc(-c2ccc(N(C)C(C)=O)cc2)cc1CN(C(=O)c1sc2c(F)ccc(F)c2c1Cl)[C@H]1CC[C@H](N(C)Cl)CC1. The number of hydrogen-bond acceptors (Lipinski definition) is 5. The molecule has 1 fully saturated rings. The van der Waals surface area contributed by atoms with Crippen molar-refractivity contribution < 1.29 is 23.1 Å². The van der Waals surface area contributed by atoms with Crippen LogP contribution in [0.2, 0.25) is 5.02 Å². The number of nitrogens with zero attached hydrogens (tertiary/aromatic N) is 3. The molecule has 5 rings (SSSR count). The first-order valence-corrected chi connectivity index (χ1v) is 15.8. The van der Waals surface area contributed by atoms with Gasteiger partial charge in [-0.1, -0.05) is 29.8 Å². The number of amides is 2. The Labute approximate surface area is 269 Å². The van der Waals surface area contributed by atoms with Crippen LogP contribution in [0.4, 0.5) is 14.5 Å². The topological polar surface area (TPSA) is 53.1 Å². The van der Waals surface area contributed by atoms with Crippen molar-refractivity contribution in [2.24, 2.45) is 0 Å². The zero-order valence-electron chi connectivity index (χ0n) is 24.9. The summed E-state index contributed by atoms with van der Waals surface area (Å²) >= 11 is 13.7. The van der Waals surface area contributed by atoms with E-state index in [4.69, 9.17) is 28.1 Å². The molecule has 0 aliphatic heterocycles. The lowest BCUT2D eigenvalue weighted by atomic mass is 9.89. The molecule has 4 aromatic rings. The molecule has 1 saturated carbocycles. The minimum atomic E-state index is -0.672. The van der Waals surface area contributed by atoms with E-state index < -0.39 is 11.6 Å². The van der Waals surface area contributed by atoms with Crippen LogP contribution in [0.1, 0.15) is 47.8 Å². The van der Waals surface area contributed by atoms with Crippen LogP contribution in [-0.2, 0) is 11.3 Å². The first-order chi connectivity index (χ1) is 21.0. The Balaban J connectivity index is 1.53. The van der Waals surface area contributed by atoms with Gasteiger partial charge in [0.1, 0.15) is 22.3 Å². The van der Waals surface area contributed by atoms with Crippen molar-refractivity contribution in [3.63, 3.8) is 0 Å². The molecule has 0 spiro atoms. The highest BCUT2D eigenvalue weighted by atomic mass is 35.5. The van der Waals surface area contributed by atoms with E-state index in [9.17, 15) is 18.4 Å². The first kappa shape index (κ1) is 32.2. The third kappa shape index (κ3) is 6.42. The molecule has 44 heavy (non-hydrogen) atoms. The third-order valence-corrected chi connectivity index (χ3v) is 10.4. The highest BCUT2D eigenvalue weighted by Gasteiger charge is 2.34. The van der Waals surface area contributed by atoms with Gasteiger partial charge < -0.3 is 14.5 Å². The second kappa shape index (κ2) is 13.4. The summed E-state index contributed by atoms with van der Waals surface area (Å²) in [6, 6.07) is 15.5. The van der Waals surface area contributed by atoms with E-state index in [1.807, 2.05) is 49.5 Å². The molecule has 1 heterocycles. The Kier molecular flexibility index (Phi) is 9.80. The summed E-state index contributed by atoms with van der Waals surface area (Å²) in [5.74, 6) is -1.15. The minimum absolute atomic E-state index is 0.0178. The molecule has 11 heteroatoms. The Morgan fingerprint density at radius 3 is 2.14 bits per heavy atom. The number of thiophene rings is 1. The van der Waals surface area contributed by atoms with E-state index in [-0.39, 0.29) is 50.4 Å². The number of fused-ring (bicyclic) bond motifs is 1. The number of halogens is 4. The average Bonchev–Trinajstić information content (AvgIpc) is 3.39. The molecule has 1 aromatic heterocycles. The van der Waals surface area contributed by atoms with E-state index in [2.05, 4.69) is 0 Å². The Hall–Kier alpha value is -3.24. The maximum absolute atomic E-state index is 14.7. The molecule has 6 nitrogen and oxygen atoms in total. The number of anilines is 1. The predicted octanol–water partition coefficient (Wildman–Crippen LogP) is 8.53. The zero-order chi connectivity index (χ0) is 31.7. The molecular weight excluding hydrogens is 627 g/mol. The number of methoxy groups -OCH3 is 1. The maximum atomic E-state index is 14.7. The lowest BCUT2D eigenvalue weighted by Crippen LogP contribution is -2.44. The van der Waals surface area contributed by atoms with Crippen molar-refractivity contribution in [1.29, 1.82) is 0 Å². The van der Waals surface area contributed by atoms with Crippen LogP contribution in [-0.4, -0.2) is 54.4 Å². The lowest BCUT2D eigenvalue weighted by molar-refractivity contribution is -0.116. The standard InChI is InChI=1S/C33H33Cl2F2N3O3S/c1-19(41)38(2)23-8-5-20(6-9-23)21-7-16-28(43-4)22(17-21)18-40(25-12-10-24(11-13-25)39(3)35)33(42)32-30(34)29-26(36)14-15-27(37)31(29)44-32/h5-9,14-17,24-25H,10-13,18H2,1-4H3/t24-,25-. The van der Waals surface area contributed by atoms with Gasteiger partial charge in [-0.15, -0.1) is 11.3 Å². The first-order valence-electron chi connectivity index (χ1n) is 14.3. The van der Waals surface area contributed by atoms with Crippen LogP contribution in [0, 0.1) is 11.6 Å². The number of ether oxygens (including phenoxy) is 1. The van der Waals surface area contributed by atoms with Crippen LogP contribution in [0.3, 0.4) is 0 Å². The second-order valence-electron chi connectivity index (χ2n) is 11.1. The Morgan fingerprint density at radius 2 is 1.55 bits per heavy atom. The molecule has 1 aliphatic carbocycles. The van der Waals surface area contributed by atoms with Crippen LogP contribution >= 0.6 is 34.7 Å². The number of carbonyl (C=O) groups excluding carboxylic acids is 2. The van der Waals surface area contributed by atoms with Gasteiger partial charge in [-0.2, -0.15) is 0 Å². The Bertz CT molecular complexity index is 1690. The summed E-state index contributed by atoms with van der Waals surface area (Å²) in [5.41, 5.74) is 3.38. The van der Waals surface area contributed by atoms with Crippen LogP contribution in [0.15, 0.2) is 54.6 Å². The van der Waals surface area contributed by atoms with Gasteiger partial charge in [0.05, 0.1) is 22.2 Å². The molecular formula is C33H33Cl2F2N3O3S.